The molecule has 46 heavy (non-hydrogen) atoms. The highest BCUT2D eigenvalue weighted by Crippen LogP contribution is 2.28. The van der Waals surface area contributed by atoms with Crippen LogP contribution in [0.5, 0.6) is 0 Å². The van der Waals surface area contributed by atoms with Gasteiger partial charge in [-0.25, -0.2) is 9.59 Å². The third kappa shape index (κ3) is 8.35. The zero-order valence-electron chi connectivity index (χ0n) is 28.0. The van der Waals surface area contributed by atoms with Crippen molar-refractivity contribution in [2.75, 3.05) is 36.0 Å². The monoisotopic (exact) mass is 632 g/mol. The van der Waals surface area contributed by atoms with Crippen molar-refractivity contribution in [2.45, 2.75) is 80.1 Å². The summed E-state index contributed by atoms with van der Waals surface area (Å²) >= 11 is 0. The molecule has 0 amide bonds. The molecule has 0 aliphatic carbocycles. The lowest BCUT2D eigenvalue weighted by molar-refractivity contribution is 0.321. The van der Waals surface area contributed by atoms with Gasteiger partial charge in [-0.15, -0.1) is 0 Å². The van der Waals surface area contributed by atoms with E-state index in [9.17, 15) is 9.59 Å². The van der Waals surface area contributed by atoms with Crippen LogP contribution in [0.3, 0.4) is 0 Å². The fourth-order valence-corrected chi connectivity index (χ4v) is 5.73. The number of oxime groups is 2. The van der Waals surface area contributed by atoms with Crippen LogP contribution in [0.2, 0.25) is 0 Å². The fraction of sp³-hybridized carbons (Fsp3) is 0.444. The van der Waals surface area contributed by atoms with E-state index in [0.29, 0.717) is 22.3 Å². The number of rotatable bonds is 14. The molecule has 2 heterocycles. The second-order valence-electron chi connectivity index (χ2n) is 11.0. The lowest BCUT2D eigenvalue weighted by Crippen LogP contribution is -2.21. The van der Waals surface area contributed by atoms with Gasteiger partial charge in [0.05, 0.1) is 23.6 Å². The predicted octanol–water partition coefficient (Wildman–Crippen LogP) is 7.58. The minimum Gasteiger partial charge on any atom is -0.422 e. The van der Waals surface area contributed by atoms with Crippen molar-refractivity contribution in [3.05, 3.63) is 79.5 Å². The van der Waals surface area contributed by atoms with Crippen LogP contribution in [0.4, 0.5) is 11.4 Å². The van der Waals surface area contributed by atoms with Gasteiger partial charge in [-0.1, -0.05) is 37.0 Å². The number of hydrogen-bond donors (Lipinski definition) is 2. The van der Waals surface area contributed by atoms with Crippen LogP contribution in [0.15, 0.2) is 65.1 Å². The Kier molecular flexibility index (Phi) is 13.9. The molecule has 0 aliphatic heterocycles. The third-order valence-corrected chi connectivity index (χ3v) is 8.27. The Labute approximate surface area is 270 Å². The number of benzene rings is 2. The zero-order valence-corrected chi connectivity index (χ0v) is 28.0. The topological polar surface area (TPSA) is 132 Å². The summed E-state index contributed by atoms with van der Waals surface area (Å²) in [5, 5.41) is 25.5. The Hall–Kier alpha value is -4.60. The van der Waals surface area contributed by atoms with Crippen molar-refractivity contribution in [3.8, 4) is 0 Å². The third-order valence-electron chi connectivity index (χ3n) is 8.27. The number of unbranched alkanes of at least 4 members (excludes halogenated alkanes) is 2. The van der Waals surface area contributed by atoms with Gasteiger partial charge in [0.25, 0.3) is 0 Å². The van der Waals surface area contributed by atoms with Gasteiger partial charge in [0.15, 0.2) is 0 Å². The summed E-state index contributed by atoms with van der Waals surface area (Å²) in [6, 6.07) is 11.9. The standard InChI is InChI=1S/2C18H24N2O3/c2*1-4-7-8-14-15-10-9-13(20(5-2)6-3)11-17(15)23-18(21)16(14)12-19-22/h2*9-12,22H,4-8H2,1-3H3/b2*19-12+. The molecule has 0 radical (unpaired) electrons. The molecule has 0 spiro atoms. The fourth-order valence-electron chi connectivity index (χ4n) is 5.73. The first-order chi connectivity index (χ1) is 22.3. The summed E-state index contributed by atoms with van der Waals surface area (Å²) in [5.41, 5.74) is 4.78. The van der Waals surface area contributed by atoms with Crippen molar-refractivity contribution in [1.29, 1.82) is 0 Å². The first-order valence-corrected chi connectivity index (χ1v) is 16.4. The average Bonchev–Trinajstić information content (AvgIpc) is 3.06. The van der Waals surface area contributed by atoms with E-state index in [1.54, 1.807) is 0 Å². The van der Waals surface area contributed by atoms with Crippen molar-refractivity contribution in [2.24, 2.45) is 10.3 Å². The van der Waals surface area contributed by atoms with E-state index >= 15 is 0 Å². The molecule has 0 unspecified atom stereocenters. The Bertz CT molecular complexity index is 1620. The number of fused-ring (bicyclic) bond motifs is 2. The molecular weight excluding hydrogens is 584 g/mol. The minimum atomic E-state index is -0.460. The first kappa shape index (κ1) is 35.9. The summed E-state index contributed by atoms with van der Waals surface area (Å²) < 4.78 is 10.9. The molecule has 0 saturated carbocycles. The second kappa shape index (κ2) is 17.8. The van der Waals surface area contributed by atoms with E-state index in [1.807, 2.05) is 36.4 Å². The Balaban J connectivity index is 0.000000250. The van der Waals surface area contributed by atoms with Crippen LogP contribution in [-0.2, 0) is 12.8 Å². The van der Waals surface area contributed by atoms with Crippen molar-refractivity contribution < 1.29 is 19.2 Å². The van der Waals surface area contributed by atoms with Gasteiger partial charge < -0.3 is 29.0 Å². The highest BCUT2D eigenvalue weighted by Gasteiger charge is 2.16. The van der Waals surface area contributed by atoms with E-state index < -0.39 is 11.3 Å². The molecule has 0 saturated heterocycles. The maximum atomic E-state index is 12.2. The van der Waals surface area contributed by atoms with Gasteiger partial charge in [-0.2, -0.15) is 0 Å². The number of aryl methyl sites for hydroxylation is 2. The minimum absolute atomic E-state index is 0.337. The van der Waals surface area contributed by atoms with Gasteiger partial charge in [-0.05, 0) is 88.8 Å². The lowest BCUT2D eigenvalue weighted by atomic mass is 9.99. The van der Waals surface area contributed by atoms with Gasteiger partial charge in [0, 0.05) is 60.5 Å². The zero-order chi connectivity index (χ0) is 33.6. The number of anilines is 2. The van der Waals surface area contributed by atoms with E-state index in [2.05, 4.69) is 61.7 Å². The molecule has 0 bridgehead atoms. The summed E-state index contributed by atoms with van der Waals surface area (Å²) in [7, 11) is 0. The maximum Gasteiger partial charge on any atom is 0.345 e. The predicted molar refractivity (Wildman–Crippen MR) is 188 cm³/mol. The van der Waals surface area contributed by atoms with Gasteiger partial charge in [0.1, 0.15) is 11.2 Å². The highest BCUT2D eigenvalue weighted by molar-refractivity contribution is 5.93. The molecule has 248 valence electrons. The Morgan fingerprint density at radius 2 is 1.00 bits per heavy atom. The summed E-state index contributed by atoms with van der Waals surface area (Å²) in [6.45, 7) is 16.2. The second-order valence-corrected chi connectivity index (χ2v) is 11.0. The van der Waals surface area contributed by atoms with Crippen LogP contribution >= 0.6 is 0 Å². The van der Waals surface area contributed by atoms with Crippen LogP contribution in [0.1, 0.15) is 89.5 Å². The normalized spacial score (nSPS) is 11.4. The van der Waals surface area contributed by atoms with Crippen LogP contribution in [-0.4, -0.2) is 49.0 Å². The molecular formula is C36H48N4O6. The summed E-state index contributed by atoms with van der Waals surface area (Å²) in [5.74, 6) is 0. The average molecular weight is 633 g/mol. The molecule has 10 heteroatoms. The van der Waals surface area contributed by atoms with E-state index in [1.165, 1.54) is 12.4 Å². The molecule has 4 aromatic rings. The molecule has 2 aromatic carbocycles. The molecule has 0 fully saturated rings. The summed E-state index contributed by atoms with van der Waals surface area (Å²) in [6.07, 6.45) is 7.83. The number of hydrogen-bond acceptors (Lipinski definition) is 10. The van der Waals surface area contributed by atoms with Crippen LogP contribution < -0.4 is 21.1 Å². The largest absolute Gasteiger partial charge is 0.422 e. The molecule has 2 aromatic heterocycles. The van der Waals surface area contributed by atoms with Gasteiger partial charge in [-0.3, -0.25) is 0 Å². The Morgan fingerprint density at radius 3 is 1.30 bits per heavy atom. The van der Waals surface area contributed by atoms with Crippen molar-refractivity contribution in [1.82, 2.24) is 0 Å². The van der Waals surface area contributed by atoms with Gasteiger partial charge >= 0.3 is 11.3 Å². The molecule has 10 nitrogen and oxygen atoms in total. The smallest absolute Gasteiger partial charge is 0.345 e. The molecule has 0 atom stereocenters. The van der Waals surface area contributed by atoms with E-state index in [0.717, 1.165) is 98.0 Å². The first-order valence-electron chi connectivity index (χ1n) is 16.4. The maximum absolute atomic E-state index is 12.2. The molecule has 2 N–H and O–H groups in total. The van der Waals surface area contributed by atoms with Crippen molar-refractivity contribution in [3.63, 3.8) is 0 Å². The lowest BCUT2D eigenvalue weighted by Gasteiger charge is -2.21. The van der Waals surface area contributed by atoms with Crippen molar-refractivity contribution >= 4 is 45.7 Å². The van der Waals surface area contributed by atoms with Crippen LogP contribution in [0, 0.1) is 0 Å². The molecule has 0 aliphatic rings. The summed E-state index contributed by atoms with van der Waals surface area (Å²) in [4.78, 5) is 28.9. The Morgan fingerprint density at radius 1 is 0.630 bits per heavy atom. The SMILES string of the molecule is CCCCc1c(/C=N/O)c(=O)oc2cc(N(CC)CC)ccc12.CCCCc1c(/C=N/O)c(=O)oc2cc(N(CC)CC)ccc12. The quantitative estimate of drug-likeness (QED) is 0.0629. The molecule has 4 rings (SSSR count). The van der Waals surface area contributed by atoms with Crippen LogP contribution in [0.25, 0.3) is 21.9 Å². The highest BCUT2D eigenvalue weighted by atomic mass is 16.4. The van der Waals surface area contributed by atoms with E-state index in [-0.39, 0.29) is 0 Å². The van der Waals surface area contributed by atoms with Gasteiger partial charge in [0.2, 0.25) is 0 Å². The number of nitrogens with zero attached hydrogens (tertiary/aromatic N) is 4. The van der Waals surface area contributed by atoms with E-state index in [4.69, 9.17) is 19.2 Å².